The van der Waals surface area contributed by atoms with Gasteiger partial charge in [0.1, 0.15) is 5.60 Å². The van der Waals surface area contributed by atoms with Crippen molar-refractivity contribution in [2.24, 2.45) is 0 Å². The van der Waals surface area contributed by atoms with Crippen LogP contribution in [-0.4, -0.2) is 80.6 Å². The van der Waals surface area contributed by atoms with Crippen molar-refractivity contribution in [3.63, 3.8) is 0 Å². The van der Waals surface area contributed by atoms with Crippen molar-refractivity contribution in [2.45, 2.75) is 37.3 Å². The molecular weight excluding hydrogens is 334 g/mol. The Morgan fingerprint density at radius 3 is 2.72 bits per heavy atom. The van der Waals surface area contributed by atoms with Gasteiger partial charge in [-0.15, -0.1) is 11.3 Å². The molecule has 1 spiro atoms. The molecule has 138 valence electrons. The average Bonchev–Trinajstić information content (AvgIpc) is 3.23. The zero-order valence-corrected chi connectivity index (χ0v) is 16.4. The Labute approximate surface area is 154 Å². The summed E-state index contributed by atoms with van der Waals surface area (Å²) in [4.78, 5) is 21.9. The average molecular weight is 364 g/mol. The van der Waals surface area contributed by atoms with Gasteiger partial charge in [0.15, 0.2) is 0 Å². The highest BCUT2D eigenvalue weighted by Crippen LogP contribution is 2.45. The van der Waals surface area contributed by atoms with E-state index in [1.807, 2.05) is 11.9 Å². The summed E-state index contributed by atoms with van der Waals surface area (Å²) in [6.45, 7) is 4.97. The fourth-order valence-corrected chi connectivity index (χ4v) is 5.84. The van der Waals surface area contributed by atoms with Gasteiger partial charge in [-0.05, 0) is 58.0 Å². The molecule has 3 aliphatic heterocycles. The van der Waals surface area contributed by atoms with Gasteiger partial charge >= 0.3 is 0 Å². The van der Waals surface area contributed by atoms with E-state index in [0.29, 0.717) is 6.04 Å². The summed E-state index contributed by atoms with van der Waals surface area (Å²) in [5.41, 5.74) is 1.20. The predicted molar refractivity (Wildman–Crippen MR) is 100 cm³/mol. The van der Waals surface area contributed by atoms with E-state index in [1.165, 1.54) is 10.4 Å². The highest BCUT2D eigenvalue weighted by Gasteiger charge is 2.42. The molecule has 2 saturated heterocycles. The van der Waals surface area contributed by atoms with Crippen molar-refractivity contribution in [3.8, 4) is 0 Å². The number of likely N-dealkylation sites (N-methyl/N-ethyl adjacent to an activating group) is 2. The molecule has 1 aromatic rings. The topological polar surface area (TPSA) is 36.0 Å². The van der Waals surface area contributed by atoms with Crippen molar-refractivity contribution < 1.29 is 9.53 Å². The maximum atomic E-state index is 13.0. The second-order valence-electron chi connectivity index (χ2n) is 7.98. The molecule has 6 heteroatoms. The molecule has 0 saturated carbocycles. The molecule has 0 aliphatic carbocycles. The van der Waals surface area contributed by atoms with E-state index in [9.17, 15) is 4.79 Å². The number of carbonyl (C=O) groups is 1. The Morgan fingerprint density at radius 1 is 1.28 bits per heavy atom. The highest BCUT2D eigenvalue weighted by molar-refractivity contribution is 7.14. The first kappa shape index (κ1) is 17.5. The van der Waals surface area contributed by atoms with E-state index < -0.39 is 0 Å². The number of ether oxygens (including phenoxy) is 1. The number of hydrogen-bond acceptors (Lipinski definition) is 5. The number of piperidine rings is 1. The Kier molecular flexibility index (Phi) is 4.65. The summed E-state index contributed by atoms with van der Waals surface area (Å²) in [5, 5.41) is 0. The summed E-state index contributed by atoms with van der Waals surface area (Å²) in [5.74, 6) is 0.183. The minimum atomic E-state index is -0.143. The molecule has 4 heterocycles. The Hall–Kier alpha value is -0.950. The summed E-state index contributed by atoms with van der Waals surface area (Å²) in [6, 6.07) is 2.49. The van der Waals surface area contributed by atoms with Gasteiger partial charge in [-0.1, -0.05) is 0 Å². The third-order valence-corrected chi connectivity index (χ3v) is 7.56. The van der Waals surface area contributed by atoms with Crippen LogP contribution in [0.3, 0.4) is 0 Å². The van der Waals surface area contributed by atoms with Gasteiger partial charge in [-0.2, -0.15) is 0 Å². The summed E-state index contributed by atoms with van der Waals surface area (Å²) >= 11 is 1.69. The molecule has 1 atom stereocenters. The Morgan fingerprint density at radius 2 is 2.04 bits per heavy atom. The second-order valence-corrected chi connectivity index (χ2v) is 9.03. The van der Waals surface area contributed by atoms with Crippen molar-refractivity contribution in [1.82, 2.24) is 14.7 Å². The maximum Gasteiger partial charge on any atom is 0.263 e. The standard InChI is InChI=1S/C19H29N3O2S/c1-20-9-6-19(7-10-20)17-14(5-11-24-19)12-16(25-17)18(23)22(3)15-4-8-21(2)13-15/h12,15H,4-11,13H2,1-3H3. The fraction of sp³-hybridized carbons (Fsp3) is 0.737. The SMILES string of the molecule is CN1CCC2(CC1)OCCc1cc(C(=O)N(C)C3CCN(C)C3)sc12. The molecule has 1 aromatic heterocycles. The lowest BCUT2D eigenvalue weighted by Crippen LogP contribution is -2.44. The third-order valence-electron chi connectivity index (χ3n) is 6.21. The van der Waals surface area contributed by atoms with Crippen LogP contribution in [0, 0.1) is 0 Å². The number of fused-ring (bicyclic) bond motifs is 2. The van der Waals surface area contributed by atoms with Crippen LogP contribution in [0.5, 0.6) is 0 Å². The molecule has 4 rings (SSSR count). The van der Waals surface area contributed by atoms with E-state index in [1.54, 1.807) is 11.3 Å². The molecule has 5 nitrogen and oxygen atoms in total. The number of thiophene rings is 1. The number of nitrogens with zero attached hydrogens (tertiary/aromatic N) is 3. The summed E-state index contributed by atoms with van der Waals surface area (Å²) < 4.78 is 6.30. The second kappa shape index (κ2) is 6.65. The zero-order chi connectivity index (χ0) is 17.6. The van der Waals surface area contributed by atoms with E-state index >= 15 is 0 Å². The smallest absolute Gasteiger partial charge is 0.263 e. The molecule has 0 bridgehead atoms. The molecule has 0 N–H and O–H groups in total. The molecule has 1 amide bonds. The zero-order valence-electron chi connectivity index (χ0n) is 15.6. The number of carbonyl (C=O) groups excluding carboxylic acids is 1. The first-order valence-corrected chi connectivity index (χ1v) is 10.2. The number of hydrogen-bond donors (Lipinski definition) is 0. The molecule has 3 aliphatic rings. The largest absolute Gasteiger partial charge is 0.369 e. The minimum absolute atomic E-state index is 0.143. The summed E-state index contributed by atoms with van der Waals surface area (Å²) in [6.07, 6.45) is 4.08. The van der Waals surface area contributed by atoms with Crippen molar-refractivity contribution in [1.29, 1.82) is 0 Å². The molecule has 25 heavy (non-hydrogen) atoms. The first-order chi connectivity index (χ1) is 12.0. The lowest BCUT2D eigenvalue weighted by molar-refractivity contribution is -0.0921. The highest BCUT2D eigenvalue weighted by atomic mass is 32.1. The monoisotopic (exact) mass is 363 g/mol. The van der Waals surface area contributed by atoms with E-state index in [-0.39, 0.29) is 11.5 Å². The molecule has 1 unspecified atom stereocenters. The maximum absolute atomic E-state index is 13.0. The van der Waals surface area contributed by atoms with Gasteiger partial charge in [-0.25, -0.2) is 0 Å². The van der Waals surface area contributed by atoms with Gasteiger partial charge in [0.2, 0.25) is 0 Å². The van der Waals surface area contributed by atoms with Crippen molar-refractivity contribution >= 4 is 17.2 Å². The van der Waals surface area contributed by atoms with Crippen LogP contribution < -0.4 is 0 Å². The van der Waals surface area contributed by atoms with Crippen LogP contribution >= 0.6 is 11.3 Å². The minimum Gasteiger partial charge on any atom is -0.369 e. The quantitative estimate of drug-likeness (QED) is 0.805. The predicted octanol–water partition coefficient (Wildman–Crippen LogP) is 2.02. The fourth-order valence-electron chi connectivity index (χ4n) is 4.45. The van der Waals surface area contributed by atoms with Crippen LogP contribution in [0.4, 0.5) is 0 Å². The lowest BCUT2D eigenvalue weighted by Gasteiger charge is -2.42. The van der Waals surface area contributed by atoms with Crippen molar-refractivity contribution in [3.05, 3.63) is 21.4 Å². The van der Waals surface area contributed by atoms with Crippen LogP contribution in [0.2, 0.25) is 0 Å². The van der Waals surface area contributed by atoms with E-state index in [4.69, 9.17) is 4.74 Å². The van der Waals surface area contributed by atoms with Crippen LogP contribution in [0.25, 0.3) is 0 Å². The van der Waals surface area contributed by atoms with Gasteiger partial charge in [0.25, 0.3) is 5.91 Å². The molecule has 0 radical (unpaired) electrons. The number of amides is 1. The van der Waals surface area contributed by atoms with Crippen LogP contribution in [0.15, 0.2) is 6.07 Å². The van der Waals surface area contributed by atoms with Crippen LogP contribution in [0.1, 0.15) is 39.4 Å². The molecule has 0 aromatic carbocycles. The van der Waals surface area contributed by atoms with Gasteiger partial charge in [-0.3, -0.25) is 4.79 Å². The molecular formula is C19H29N3O2S. The van der Waals surface area contributed by atoms with Gasteiger partial charge in [0, 0.05) is 37.6 Å². The number of rotatable bonds is 2. The van der Waals surface area contributed by atoms with Gasteiger partial charge in [0.05, 0.1) is 11.5 Å². The summed E-state index contributed by atoms with van der Waals surface area (Å²) in [7, 11) is 6.27. The van der Waals surface area contributed by atoms with Crippen molar-refractivity contribution in [2.75, 3.05) is 53.9 Å². The molecule has 2 fully saturated rings. The van der Waals surface area contributed by atoms with E-state index in [0.717, 1.165) is 63.3 Å². The number of likely N-dealkylation sites (tertiary alicyclic amines) is 2. The third kappa shape index (κ3) is 3.14. The Balaban J connectivity index is 1.57. The van der Waals surface area contributed by atoms with Crippen LogP contribution in [-0.2, 0) is 16.8 Å². The van der Waals surface area contributed by atoms with E-state index in [2.05, 4.69) is 30.0 Å². The normalized spacial score (nSPS) is 26.8. The van der Waals surface area contributed by atoms with Gasteiger partial charge < -0.3 is 19.4 Å². The first-order valence-electron chi connectivity index (χ1n) is 9.40. The lowest BCUT2D eigenvalue weighted by atomic mass is 9.85. The Bertz CT molecular complexity index is 651.